The molecule has 0 radical (unpaired) electrons. The van der Waals surface area contributed by atoms with Crippen LogP contribution in [0.3, 0.4) is 0 Å². The van der Waals surface area contributed by atoms with Gasteiger partial charge < -0.3 is 39.0 Å². The molecule has 1 aliphatic carbocycles. The van der Waals surface area contributed by atoms with Crippen LogP contribution in [0, 0.1) is 11.3 Å². The molecule has 2 unspecified atom stereocenters. The number of benzene rings is 2. The lowest BCUT2D eigenvalue weighted by Crippen LogP contribution is -2.81. The van der Waals surface area contributed by atoms with Crippen LogP contribution in [-0.2, 0) is 45.8 Å². The number of likely N-dealkylation sites (N-methyl/N-ethyl adjacent to an activating group) is 1. The second-order valence-corrected chi connectivity index (χ2v) is 19.7. The Hall–Kier alpha value is -5.28. The van der Waals surface area contributed by atoms with Crippen molar-refractivity contribution in [3.8, 4) is 16.9 Å². The molecule has 4 aromatic rings. The number of esters is 3. The number of hydrogen-bond acceptors (Lipinski definition) is 13. The number of methoxy groups -OCH3 is 3. The number of hydrogen-bond donors (Lipinski definition) is 3. The third kappa shape index (κ3) is 5.91. The summed E-state index contributed by atoms with van der Waals surface area (Å²) in [6, 6.07) is 13.0. The Labute approximate surface area is 379 Å². The smallest absolute Gasteiger partial charge is 0.344 e. The first kappa shape index (κ1) is 43.6. The normalized spacial score (nSPS) is 34.6. The van der Waals surface area contributed by atoms with E-state index in [1.165, 1.54) is 21.1 Å². The number of anilines is 1. The van der Waals surface area contributed by atoms with Gasteiger partial charge in [-0.1, -0.05) is 38.1 Å². The molecule has 2 saturated heterocycles. The third-order valence-electron chi connectivity index (χ3n) is 16.7. The van der Waals surface area contributed by atoms with E-state index >= 15 is 4.79 Å². The van der Waals surface area contributed by atoms with E-state index in [2.05, 4.69) is 56.2 Å². The number of H-pyrrole nitrogens is 1. The summed E-state index contributed by atoms with van der Waals surface area (Å²) in [5.41, 5.74) is 0.0191. The molecule has 5 aliphatic heterocycles. The number of rotatable bonds is 8. The standard InChI is InChI=1S/C51H61N5O9/c1-8-47(60)25-31-26-50(45(58)63-6,41-34(15-20-55(28-31)29-47)35-22-32(13-14-38(35)53-41)33-12-10-18-52-27-33)37-23-36-39(24-40(37)62-5)54(4)43-49(36)17-21-56-19-11-16-48(9-2,42(49)56)44(65-30(3)57)51(43,61)46(59)64-7/h10-14,16,18,22-24,27,31,42-44,53,60-61H,8-9,15,17,19-21,25-26,28-29H2,1-7H3/t31-,42+,43?,44-,47+,48-,49-,50+,51+/m1/s1. The second kappa shape index (κ2) is 15.4. The minimum Gasteiger partial charge on any atom is -0.496 e. The summed E-state index contributed by atoms with van der Waals surface area (Å²) in [4.78, 5) is 58.1. The highest BCUT2D eigenvalue weighted by Crippen LogP contribution is 2.68. The summed E-state index contributed by atoms with van der Waals surface area (Å²) in [6.45, 7) is 8.50. The third-order valence-corrected chi connectivity index (χ3v) is 16.7. The molecule has 344 valence electrons. The van der Waals surface area contributed by atoms with E-state index in [1.54, 1.807) is 13.3 Å². The van der Waals surface area contributed by atoms with E-state index in [-0.39, 0.29) is 12.0 Å². The number of nitrogens with zero attached hydrogens (tertiary/aromatic N) is 4. The van der Waals surface area contributed by atoms with Gasteiger partial charge in [0.1, 0.15) is 11.2 Å². The van der Waals surface area contributed by atoms with Crippen molar-refractivity contribution in [1.29, 1.82) is 0 Å². The summed E-state index contributed by atoms with van der Waals surface area (Å²) in [6.07, 6.45) is 9.38. The van der Waals surface area contributed by atoms with Crippen LogP contribution in [0.4, 0.5) is 5.69 Å². The Bertz CT molecular complexity index is 2620. The Morgan fingerprint density at radius 2 is 1.74 bits per heavy atom. The number of aromatic amines is 1. The van der Waals surface area contributed by atoms with Crippen LogP contribution in [0.25, 0.3) is 22.0 Å². The summed E-state index contributed by atoms with van der Waals surface area (Å²) >= 11 is 0. The minimum absolute atomic E-state index is 0.135. The molecule has 14 heteroatoms. The van der Waals surface area contributed by atoms with Crippen LogP contribution in [-0.4, -0.2) is 138 Å². The molecule has 10 atom stereocenters. The minimum atomic E-state index is -2.32. The summed E-state index contributed by atoms with van der Waals surface area (Å²) in [7, 11) is 6.15. The average Bonchev–Trinajstić information content (AvgIpc) is 3.97. The van der Waals surface area contributed by atoms with Gasteiger partial charge in [0.2, 0.25) is 5.60 Å². The number of nitrogens with one attached hydrogen (secondary N) is 1. The second-order valence-electron chi connectivity index (χ2n) is 19.7. The predicted molar refractivity (Wildman–Crippen MR) is 244 cm³/mol. The first-order chi connectivity index (χ1) is 31.2. The molecule has 3 fully saturated rings. The Balaban J connectivity index is 1.28. The van der Waals surface area contributed by atoms with E-state index in [4.69, 9.17) is 18.9 Å². The van der Waals surface area contributed by atoms with Gasteiger partial charge in [-0.05, 0) is 91.9 Å². The number of carbonyl (C=O) groups is 3. The molecule has 3 N–H and O–H groups in total. The first-order valence-corrected chi connectivity index (χ1v) is 23.1. The predicted octanol–water partition coefficient (Wildman–Crippen LogP) is 5.05. The highest BCUT2D eigenvalue weighted by molar-refractivity contribution is 5.96. The van der Waals surface area contributed by atoms with E-state index in [0.717, 1.165) is 44.5 Å². The molecule has 14 nitrogen and oxygen atoms in total. The number of aliphatic hydroxyl groups is 2. The maximum absolute atomic E-state index is 15.6. The van der Waals surface area contributed by atoms with Gasteiger partial charge in [0.15, 0.2) is 6.10 Å². The number of carbonyl (C=O) groups excluding carboxylic acids is 3. The quantitative estimate of drug-likeness (QED) is 0.122. The molecular formula is C51H61N5O9. The highest BCUT2D eigenvalue weighted by Gasteiger charge is 2.80. The summed E-state index contributed by atoms with van der Waals surface area (Å²) in [5.74, 6) is -1.65. The molecule has 7 heterocycles. The monoisotopic (exact) mass is 887 g/mol. The van der Waals surface area contributed by atoms with Gasteiger partial charge in [0.25, 0.3) is 0 Å². The SMILES string of the molecule is CC[C@]1(O)C[C@H]2CN(CCc3c([nH]c4ccc(-c5cccnc5)cc34)[C@@](C(=O)OC)(c3cc4c(cc3OC)N(C)C3[C@]45CCN4CC=C[C@@](CC)([C@@H](OC(C)=O)[C@]3(O)C(=O)OC)[C@H]45)C2)C1. The molecule has 65 heavy (non-hydrogen) atoms. The van der Waals surface area contributed by atoms with Crippen LogP contribution in [0.2, 0.25) is 0 Å². The summed E-state index contributed by atoms with van der Waals surface area (Å²) < 4.78 is 24.2. The van der Waals surface area contributed by atoms with Gasteiger partial charge >= 0.3 is 17.9 Å². The van der Waals surface area contributed by atoms with E-state index in [1.807, 2.05) is 50.2 Å². The van der Waals surface area contributed by atoms with Crippen molar-refractivity contribution in [3.63, 3.8) is 0 Å². The van der Waals surface area contributed by atoms with Gasteiger partial charge in [-0.15, -0.1) is 0 Å². The van der Waals surface area contributed by atoms with Gasteiger partial charge in [0.05, 0.1) is 33.0 Å². The zero-order chi connectivity index (χ0) is 45.8. The van der Waals surface area contributed by atoms with E-state index in [0.29, 0.717) is 82.6 Å². The largest absolute Gasteiger partial charge is 0.496 e. The lowest BCUT2D eigenvalue weighted by molar-refractivity contribution is -0.228. The van der Waals surface area contributed by atoms with Crippen LogP contribution in [0.15, 0.2) is 67.0 Å². The van der Waals surface area contributed by atoms with Crippen LogP contribution in [0.5, 0.6) is 5.75 Å². The maximum Gasteiger partial charge on any atom is 0.344 e. The van der Waals surface area contributed by atoms with Gasteiger partial charge in [-0.3, -0.25) is 24.4 Å². The maximum atomic E-state index is 15.6. The zero-order valence-corrected chi connectivity index (χ0v) is 38.5. The molecule has 2 aromatic heterocycles. The highest BCUT2D eigenvalue weighted by atomic mass is 16.6. The van der Waals surface area contributed by atoms with Crippen molar-refractivity contribution in [2.45, 2.75) is 99.5 Å². The number of fused-ring (bicyclic) bond motifs is 6. The van der Waals surface area contributed by atoms with Crippen molar-refractivity contribution >= 4 is 34.5 Å². The number of ether oxygens (including phenoxy) is 4. The fourth-order valence-corrected chi connectivity index (χ4v) is 14.3. The molecule has 0 amide bonds. The molecule has 6 aliphatic rings. The topological polar surface area (TPSA) is 167 Å². The van der Waals surface area contributed by atoms with E-state index < -0.39 is 57.5 Å². The lowest BCUT2D eigenvalue weighted by Gasteiger charge is -2.63. The van der Waals surface area contributed by atoms with Gasteiger partial charge in [0, 0.05) is 109 Å². The Kier molecular flexibility index (Phi) is 10.3. The van der Waals surface area contributed by atoms with Gasteiger partial charge in [-0.25, -0.2) is 4.79 Å². The van der Waals surface area contributed by atoms with Crippen LogP contribution >= 0.6 is 0 Å². The zero-order valence-electron chi connectivity index (χ0n) is 38.5. The Morgan fingerprint density at radius 3 is 2.43 bits per heavy atom. The van der Waals surface area contributed by atoms with Crippen LogP contribution in [0.1, 0.15) is 75.3 Å². The molecule has 10 rings (SSSR count). The van der Waals surface area contributed by atoms with Crippen molar-refractivity contribution < 1.29 is 43.5 Å². The molecule has 2 bridgehead atoms. The molecule has 2 aromatic carbocycles. The Morgan fingerprint density at radius 1 is 0.938 bits per heavy atom. The van der Waals surface area contributed by atoms with E-state index in [9.17, 15) is 19.8 Å². The molecule has 1 spiro atoms. The summed E-state index contributed by atoms with van der Waals surface area (Å²) in [5, 5.41) is 26.5. The van der Waals surface area contributed by atoms with Crippen molar-refractivity contribution in [2.75, 3.05) is 66.0 Å². The van der Waals surface area contributed by atoms with Crippen molar-refractivity contribution in [3.05, 3.63) is 89.4 Å². The number of aromatic nitrogens is 2. The molecule has 1 saturated carbocycles. The first-order valence-electron chi connectivity index (χ1n) is 23.1. The molecular weight excluding hydrogens is 827 g/mol. The van der Waals surface area contributed by atoms with Crippen molar-refractivity contribution in [1.82, 2.24) is 19.8 Å². The fraction of sp³-hybridized carbons (Fsp3) is 0.529. The number of piperidine rings is 1. The van der Waals surface area contributed by atoms with Crippen molar-refractivity contribution in [2.24, 2.45) is 11.3 Å². The number of pyridine rings is 1. The lowest BCUT2D eigenvalue weighted by atomic mass is 9.47. The average molecular weight is 888 g/mol. The van der Waals surface area contributed by atoms with Gasteiger partial charge in [-0.2, -0.15) is 0 Å². The van der Waals surface area contributed by atoms with Crippen LogP contribution < -0.4 is 9.64 Å². The fourth-order valence-electron chi connectivity index (χ4n) is 14.3.